The third-order valence-electron chi connectivity index (χ3n) is 2.59. The van der Waals surface area contributed by atoms with Crippen molar-refractivity contribution in [3.63, 3.8) is 0 Å². The molecule has 0 rings (SSSR count). The zero-order valence-corrected chi connectivity index (χ0v) is 11.3. The number of carbonyl (C=O) groups is 1. The van der Waals surface area contributed by atoms with Gasteiger partial charge in [-0.25, -0.2) is 8.42 Å². The zero-order chi connectivity index (χ0) is 12.8. The van der Waals surface area contributed by atoms with E-state index in [1.807, 2.05) is 20.8 Å². The second-order valence-corrected chi connectivity index (χ2v) is 6.69. The van der Waals surface area contributed by atoms with E-state index in [2.05, 4.69) is 0 Å². The largest absolute Gasteiger partial charge is 0.465 e. The average Bonchev–Trinajstić information content (AvgIpc) is 2.16. The molecule has 0 aromatic rings. The van der Waals surface area contributed by atoms with Crippen molar-refractivity contribution in [2.75, 3.05) is 12.4 Å². The first-order valence-corrected chi connectivity index (χ1v) is 7.40. The van der Waals surface area contributed by atoms with Gasteiger partial charge in [0.05, 0.1) is 11.9 Å². The Bertz CT molecular complexity index is 306. The van der Waals surface area contributed by atoms with Gasteiger partial charge in [-0.3, -0.25) is 4.79 Å². The maximum absolute atomic E-state index is 11.7. The second-order valence-electron chi connectivity index (χ2n) is 4.33. The monoisotopic (exact) mass is 250 g/mol. The maximum atomic E-state index is 11.7. The molecule has 5 heteroatoms. The summed E-state index contributed by atoms with van der Waals surface area (Å²) in [6, 6.07) is 0. The van der Waals surface area contributed by atoms with Gasteiger partial charge in [0, 0.05) is 0 Å². The molecule has 0 bridgehead atoms. The van der Waals surface area contributed by atoms with Gasteiger partial charge in [0.2, 0.25) is 0 Å². The lowest BCUT2D eigenvalue weighted by molar-refractivity contribution is -0.140. The summed E-state index contributed by atoms with van der Waals surface area (Å²) in [5.74, 6) is -1.13. The molecule has 0 saturated carbocycles. The summed E-state index contributed by atoms with van der Waals surface area (Å²) >= 11 is 0. The molecule has 0 saturated heterocycles. The molecular formula is C11H22O4S. The molecule has 0 aliphatic heterocycles. The molecule has 0 fully saturated rings. The molecule has 0 amide bonds. The van der Waals surface area contributed by atoms with Gasteiger partial charge in [-0.1, -0.05) is 27.2 Å². The highest BCUT2D eigenvalue weighted by atomic mass is 32.2. The van der Waals surface area contributed by atoms with Crippen molar-refractivity contribution >= 4 is 15.8 Å². The van der Waals surface area contributed by atoms with Crippen molar-refractivity contribution in [2.24, 2.45) is 5.92 Å². The van der Waals surface area contributed by atoms with E-state index in [-0.39, 0.29) is 5.92 Å². The van der Waals surface area contributed by atoms with Crippen molar-refractivity contribution in [1.82, 2.24) is 0 Å². The Morgan fingerprint density at radius 1 is 1.25 bits per heavy atom. The van der Waals surface area contributed by atoms with Crippen molar-refractivity contribution < 1.29 is 17.9 Å². The predicted molar refractivity (Wildman–Crippen MR) is 64.0 cm³/mol. The lowest BCUT2D eigenvalue weighted by Gasteiger charge is -2.15. The smallest absolute Gasteiger partial charge is 0.321 e. The van der Waals surface area contributed by atoms with Crippen molar-refractivity contribution in [1.29, 1.82) is 0 Å². The molecule has 0 heterocycles. The fraction of sp³-hybridized carbons (Fsp3) is 0.909. The first-order chi connectivity index (χ1) is 7.31. The molecule has 96 valence electrons. The highest BCUT2D eigenvalue weighted by molar-refractivity contribution is 7.92. The van der Waals surface area contributed by atoms with Gasteiger partial charge >= 0.3 is 5.97 Å². The Hall–Kier alpha value is -0.580. The molecule has 4 nitrogen and oxygen atoms in total. The summed E-state index contributed by atoms with van der Waals surface area (Å²) in [4.78, 5) is 11.3. The Kier molecular flexibility index (Phi) is 6.64. The van der Waals surface area contributed by atoms with Crippen LogP contribution in [0.2, 0.25) is 0 Å². The molecule has 0 spiro atoms. The van der Waals surface area contributed by atoms with E-state index in [0.29, 0.717) is 6.61 Å². The fourth-order valence-electron chi connectivity index (χ4n) is 1.08. The van der Waals surface area contributed by atoms with Crippen molar-refractivity contribution in [2.45, 2.75) is 45.8 Å². The Morgan fingerprint density at radius 3 is 2.25 bits per heavy atom. The van der Waals surface area contributed by atoms with Crippen LogP contribution in [0.5, 0.6) is 0 Å². The molecule has 0 aliphatic carbocycles. The average molecular weight is 250 g/mol. The number of hydrogen-bond donors (Lipinski definition) is 0. The highest BCUT2D eigenvalue weighted by Crippen LogP contribution is 2.12. The lowest BCUT2D eigenvalue weighted by atomic mass is 10.2. The SMILES string of the molecule is CCCCOC(=O)CS(=O)(=O)C(C)C(C)C. The predicted octanol–water partition coefficient (Wildman–Crippen LogP) is 1.79. The summed E-state index contributed by atoms with van der Waals surface area (Å²) in [5.41, 5.74) is 0. The topological polar surface area (TPSA) is 60.4 Å². The van der Waals surface area contributed by atoms with Crippen LogP contribution in [-0.2, 0) is 19.4 Å². The number of sulfone groups is 1. The molecule has 0 radical (unpaired) electrons. The van der Waals surface area contributed by atoms with Gasteiger partial charge in [0.15, 0.2) is 9.84 Å². The summed E-state index contributed by atoms with van der Waals surface area (Å²) in [6.45, 7) is 7.56. The molecule has 0 aromatic carbocycles. The summed E-state index contributed by atoms with van der Waals surface area (Å²) < 4.78 is 28.3. The number of carbonyl (C=O) groups excluding carboxylic acids is 1. The quantitative estimate of drug-likeness (QED) is 0.510. The molecule has 16 heavy (non-hydrogen) atoms. The van der Waals surface area contributed by atoms with Crippen LogP contribution < -0.4 is 0 Å². The Labute approximate surface area is 98.3 Å². The highest BCUT2D eigenvalue weighted by Gasteiger charge is 2.27. The molecule has 0 aromatic heterocycles. The van der Waals surface area contributed by atoms with Crippen LogP contribution in [0.15, 0.2) is 0 Å². The Morgan fingerprint density at radius 2 is 1.81 bits per heavy atom. The summed E-state index contributed by atoms with van der Waals surface area (Å²) in [6.07, 6.45) is 1.69. The minimum absolute atomic E-state index is 0.00782. The molecule has 1 atom stereocenters. The zero-order valence-electron chi connectivity index (χ0n) is 10.5. The van der Waals surface area contributed by atoms with Gasteiger partial charge in [0.25, 0.3) is 0 Å². The number of unbranched alkanes of at least 4 members (excludes halogenated alkanes) is 1. The van der Waals surface area contributed by atoms with Crippen LogP contribution in [0.4, 0.5) is 0 Å². The first-order valence-electron chi connectivity index (χ1n) is 5.68. The van der Waals surface area contributed by atoms with Gasteiger partial charge in [-0.15, -0.1) is 0 Å². The summed E-state index contributed by atoms with van der Waals surface area (Å²) in [7, 11) is -3.37. The minimum Gasteiger partial charge on any atom is -0.465 e. The van der Waals surface area contributed by atoms with E-state index in [9.17, 15) is 13.2 Å². The number of rotatable bonds is 7. The third-order valence-corrected chi connectivity index (χ3v) is 4.90. The third kappa shape index (κ3) is 5.49. The van der Waals surface area contributed by atoms with Crippen LogP contribution in [0, 0.1) is 5.92 Å². The lowest BCUT2D eigenvalue weighted by Crippen LogP contribution is -2.30. The standard InChI is InChI=1S/C11H22O4S/c1-5-6-7-15-11(12)8-16(13,14)10(4)9(2)3/h9-10H,5-8H2,1-4H3. The first kappa shape index (κ1) is 15.4. The summed E-state index contributed by atoms with van der Waals surface area (Å²) in [5, 5.41) is -0.508. The fourth-order valence-corrected chi connectivity index (χ4v) is 2.59. The van der Waals surface area contributed by atoms with E-state index in [4.69, 9.17) is 4.74 Å². The van der Waals surface area contributed by atoms with Gasteiger partial charge in [0.1, 0.15) is 5.75 Å². The van der Waals surface area contributed by atoms with E-state index >= 15 is 0 Å². The number of ether oxygens (including phenoxy) is 1. The normalized spacial score (nSPS) is 13.8. The number of hydrogen-bond acceptors (Lipinski definition) is 4. The second kappa shape index (κ2) is 6.89. The van der Waals surface area contributed by atoms with Gasteiger partial charge in [-0.05, 0) is 19.3 Å². The van der Waals surface area contributed by atoms with Crippen LogP contribution in [0.3, 0.4) is 0 Å². The van der Waals surface area contributed by atoms with E-state index in [0.717, 1.165) is 12.8 Å². The Balaban J connectivity index is 4.21. The minimum atomic E-state index is -3.37. The van der Waals surface area contributed by atoms with E-state index in [1.54, 1.807) is 6.92 Å². The van der Waals surface area contributed by atoms with Crippen LogP contribution in [0.25, 0.3) is 0 Å². The molecule has 1 unspecified atom stereocenters. The van der Waals surface area contributed by atoms with E-state index in [1.165, 1.54) is 0 Å². The van der Waals surface area contributed by atoms with Crippen LogP contribution >= 0.6 is 0 Å². The van der Waals surface area contributed by atoms with Crippen LogP contribution in [-0.4, -0.2) is 32.0 Å². The van der Waals surface area contributed by atoms with Crippen LogP contribution in [0.1, 0.15) is 40.5 Å². The van der Waals surface area contributed by atoms with Gasteiger partial charge < -0.3 is 4.74 Å². The van der Waals surface area contributed by atoms with Gasteiger partial charge in [-0.2, -0.15) is 0 Å². The number of esters is 1. The van der Waals surface area contributed by atoms with Crippen molar-refractivity contribution in [3.05, 3.63) is 0 Å². The molecule has 0 N–H and O–H groups in total. The van der Waals surface area contributed by atoms with E-state index < -0.39 is 26.8 Å². The molecular weight excluding hydrogens is 228 g/mol. The molecule has 0 aliphatic rings. The van der Waals surface area contributed by atoms with Crippen molar-refractivity contribution in [3.8, 4) is 0 Å². The maximum Gasteiger partial charge on any atom is 0.321 e.